The zero-order valence-electron chi connectivity index (χ0n) is 8.53. The third-order valence-corrected chi connectivity index (χ3v) is 2.35. The first-order valence-electron chi connectivity index (χ1n) is 4.26. The maximum atomic E-state index is 5.56. The summed E-state index contributed by atoms with van der Waals surface area (Å²) in [5, 5.41) is 1.32. The van der Waals surface area contributed by atoms with Crippen LogP contribution in [0.1, 0.15) is 5.69 Å². The molecule has 0 aliphatic rings. The molecule has 0 saturated carbocycles. The molecule has 0 aliphatic carbocycles. The number of aromatic nitrogens is 4. The molecule has 17 heavy (non-hydrogen) atoms. The minimum atomic E-state index is 0.317. The highest BCUT2D eigenvalue weighted by atomic mass is 35.5. The molecule has 2 heterocycles. The normalized spacial score (nSPS) is 9.47. The zero-order chi connectivity index (χ0) is 12.8. The minimum absolute atomic E-state index is 0.317. The molecule has 0 aliphatic heterocycles. The number of aryl methyl sites for hydroxylation is 1. The first-order valence-corrected chi connectivity index (χ1v) is 5.78. The summed E-state index contributed by atoms with van der Waals surface area (Å²) in [6.07, 6.45) is 4.31. The van der Waals surface area contributed by atoms with E-state index in [0.717, 1.165) is 0 Å². The molecule has 0 N–H and O–H groups in total. The van der Waals surface area contributed by atoms with Crippen LogP contribution in [0.3, 0.4) is 0 Å². The lowest BCUT2D eigenvalue weighted by molar-refractivity contribution is 1.12. The van der Waals surface area contributed by atoms with Gasteiger partial charge in [0.2, 0.25) is 0 Å². The monoisotopic (exact) mass is 310 g/mol. The van der Waals surface area contributed by atoms with Gasteiger partial charge in [0.05, 0.1) is 24.3 Å². The Morgan fingerprint density at radius 1 is 0.824 bits per heavy atom. The van der Waals surface area contributed by atoms with Crippen molar-refractivity contribution in [3.05, 3.63) is 44.9 Å². The first kappa shape index (κ1) is 14.4. The standard InChI is InChI=1S/C5H4Cl2N2.C4H2Cl2N2/c1-3-5(7)9-4(6)2-8-3;5-3-1-7-2-4(6)8-3/h2H,1H3;1-2H. The lowest BCUT2D eigenvalue weighted by Gasteiger charge is -1.92. The molecule has 4 nitrogen and oxygen atoms in total. The topological polar surface area (TPSA) is 51.6 Å². The van der Waals surface area contributed by atoms with Gasteiger partial charge in [0.15, 0.2) is 5.15 Å². The van der Waals surface area contributed by atoms with Crippen molar-refractivity contribution in [2.24, 2.45) is 0 Å². The van der Waals surface area contributed by atoms with Gasteiger partial charge in [-0.05, 0) is 6.92 Å². The number of rotatable bonds is 0. The average molecular weight is 312 g/mol. The van der Waals surface area contributed by atoms with Crippen molar-refractivity contribution in [3.8, 4) is 0 Å². The molecule has 0 fully saturated rings. The lowest BCUT2D eigenvalue weighted by atomic mass is 10.5. The fourth-order valence-corrected chi connectivity index (χ4v) is 1.38. The number of hydrogen-bond acceptors (Lipinski definition) is 4. The van der Waals surface area contributed by atoms with Crippen molar-refractivity contribution >= 4 is 46.4 Å². The van der Waals surface area contributed by atoms with Crippen LogP contribution in [0.4, 0.5) is 0 Å². The van der Waals surface area contributed by atoms with Crippen molar-refractivity contribution in [2.45, 2.75) is 6.92 Å². The fraction of sp³-hybridized carbons (Fsp3) is 0.111. The highest BCUT2D eigenvalue weighted by Gasteiger charge is 1.96. The smallest absolute Gasteiger partial charge is 0.151 e. The summed E-state index contributed by atoms with van der Waals surface area (Å²) in [4.78, 5) is 14.9. The molecule has 0 radical (unpaired) electrons. The van der Waals surface area contributed by atoms with Gasteiger partial charge in [-0.1, -0.05) is 46.4 Å². The van der Waals surface area contributed by atoms with E-state index in [4.69, 9.17) is 46.4 Å². The zero-order valence-corrected chi connectivity index (χ0v) is 11.6. The summed E-state index contributed by atoms with van der Waals surface area (Å²) in [5.41, 5.74) is 0.695. The van der Waals surface area contributed by atoms with Crippen molar-refractivity contribution in [1.82, 2.24) is 19.9 Å². The highest BCUT2D eigenvalue weighted by molar-refractivity contribution is 6.32. The maximum absolute atomic E-state index is 5.56. The first-order chi connectivity index (χ1) is 7.99. The Morgan fingerprint density at radius 2 is 1.35 bits per heavy atom. The summed E-state index contributed by atoms with van der Waals surface area (Å²) in [7, 11) is 0. The van der Waals surface area contributed by atoms with E-state index >= 15 is 0 Å². The summed E-state index contributed by atoms with van der Waals surface area (Å²) < 4.78 is 0. The van der Waals surface area contributed by atoms with Crippen LogP contribution in [0.15, 0.2) is 18.6 Å². The van der Waals surface area contributed by atoms with E-state index in [1.807, 2.05) is 0 Å². The van der Waals surface area contributed by atoms with Crippen LogP contribution in [0.25, 0.3) is 0 Å². The Kier molecular flexibility index (Phi) is 5.85. The molecule has 90 valence electrons. The molecule has 0 aromatic carbocycles. The summed E-state index contributed by atoms with van der Waals surface area (Å²) in [6.45, 7) is 1.77. The van der Waals surface area contributed by atoms with E-state index in [9.17, 15) is 0 Å². The molecule has 0 atom stereocenters. The van der Waals surface area contributed by atoms with Gasteiger partial charge >= 0.3 is 0 Å². The van der Waals surface area contributed by atoms with E-state index in [0.29, 0.717) is 26.3 Å². The Morgan fingerprint density at radius 3 is 1.71 bits per heavy atom. The molecule has 0 unspecified atom stereocenters. The van der Waals surface area contributed by atoms with E-state index in [1.54, 1.807) is 6.92 Å². The molecular formula is C9H6Cl4N4. The van der Waals surface area contributed by atoms with Gasteiger partial charge in [0.25, 0.3) is 0 Å². The quantitative estimate of drug-likeness (QED) is 0.741. The van der Waals surface area contributed by atoms with Crippen molar-refractivity contribution in [3.63, 3.8) is 0 Å². The molecule has 0 spiro atoms. The van der Waals surface area contributed by atoms with Gasteiger partial charge in [-0.25, -0.2) is 9.97 Å². The van der Waals surface area contributed by atoms with Crippen molar-refractivity contribution < 1.29 is 0 Å². The van der Waals surface area contributed by atoms with Crippen LogP contribution >= 0.6 is 46.4 Å². The fourth-order valence-electron chi connectivity index (χ4n) is 0.727. The molecule has 2 aromatic heterocycles. The average Bonchev–Trinajstić information content (AvgIpc) is 2.24. The lowest BCUT2D eigenvalue weighted by Crippen LogP contribution is -1.85. The van der Waals surface area contributed by atoms with Crippen molar-refractivity contribution in [1.29, 1.82) is 0 Å². The van der Waals surface area contributed by atoms with Crippen LogP contribution in [0.2, 0.25) is 20.6 Å². The Labute approximate surface area is 118 Å². The van der Waals surface area contributed by atoms with Gasteiger partial charge in [-0.3, -0.25) is 9.97 Å². The molecule has 0 amide bonds. The van der Waals surface area contributed by atoms with Gasteiger partial charge in [0, 0.05) is 0 Å². The number of nitrogens with zero attached hydrogens (tertiary/aromatic N) is 4. The Bertz CT molecular complexity index is 489. The van der Waals surface area contributed by atoms with Gasteiger partial charge in [-0.2, -0.15) is 0 Å². The molecule has 2 aromatic rings. The third-order valence-electron chi connectivity index (χ3n) is 1.44. The summed E-state index contributed by atoms with van der Waals surface area (Å²) in [5.74, 6) is 0. The highest BCUT2D eigenvalue weighted by Crippen LogP contribution is 2.11. The Balaban J connectivity index is 0.000000171. The molecule has 2 rings (SSSR count). The molecular weight excluding hydrogens is 306 g/mol. The second-order valence-corrected chi connectivity index (χ2v) is 4.25. The minimum Gasteiger partial charge on any atom is -0.258 e. The SMILES string of the molecule is Cc1ncc(Cl)nc1Cl.Clc1cncc(Cl)n1. The van der Waals surface area contributed by atoms with Crippen LogP contribution in [0.5, 0.6) is 0 Å². The van der Waals surface area contributed by atoms with E-state index < -0.39 is 0 Å². The van der Waals surface area contributed by atoms with Gasteiger partial charge in [-0.15, -0.1) is 0 Å². The van der Waals surface area contributed by atoms with Crippen LogP contribution in [-0.4, -0.2) is 19.9 Å². The maximum Gasteiger partial charge on any atom is 0.151 e. The summed E-state index contributed by atoms with van der Waals surface area (Å²) in [6, 6.07) is 0. The molecule has 0 saturated heterocycles. The van der Waals surface area contributed by atoms with E-state index in [-0.39, 0.29) is 0 Å². The molecule has 0 bridgehead atoms. The predicted octanol–water partition coefficient (Wildman–Crippen LogP) is 3.88. The second kappa shape index (κ2) is 6.91. The third kappa shape index (κ3) is 5.46. The van der Waals surface area contributed by atoms with Gasteiger partial charge in [0.1, 0.15) is 15.5 Å². The van der Waals surface area contributed by atoms with Crippen LogP contribution < -0.4 is 0 Å². The van der Waals surface area contributed by atoms with Gasteiger partial charge < -0.3 is 0 Å². The Hall–Kier alpha value is -0.680. The van der Waals surface area contributed by atoms with Crippen molar-refractivity contribution in [2.75, 3.05) is 0 Å². The largest absolute Gasteiger partial charge is 0.258 e. The van der Waals surface area contributed by atoms with E-state index in [2.05, 4.69) is 19.9 Å². The summed E-state index contributed by atoms with van der Waals surface area (Å²) >= 11 is 21.8. The predicted molar refractivity (Wildman–Crippen MR) is 68.8 cm³/mol. The van der Waals surface area contributed by atoms with Crippen LogP contribution in [-0.2, 0) is 0 Å². The number of hydrogen-bond donors (Lipinski definition) is 0. The molecule has 8 heteroatoms. The number of halogens is 4. The second-order valence-electron chi connectivity index (χ2n) is 2.73. The van der Waals surface area contributed by atoms with Crippen LogP contribution in [0, 0.1) is 6.92 Å². The van der Waals surface area contributed by atoms with E-state index in [1.165, 1.54) is 18.6 Å².